The third-order valence-corrected chi connectivity index (χ3v) is 3.77. The maximum absolute atomic E-state index is 5.54. The van der Waals surface area contributed by atoms with Crippen LogP contribution in [0.2, 0.25) is 0 Å². The molecule has 0 bridgehead atoms. The largest absolute Gasteiger partial charge is 0.496 e. The van der Waals surface area contributed by atoms with Gasteiger partial charge in [0.15, 0.2) is 0 Å². The van der Waals surface area contributed by atoms with E-state index in [0.717, 1.165) is 25.4 Å². The van der Waals surface area contributed by atoms with Gasteiger partial charge in [0.05, 0.1) is 12.6 Å². The lowest BCUT2D eigenvalue weighted by Gasteiger charge is -2.34. The van der Waals surface area contributed by atoms with E-state index in [4.69, 9.17) is 4.74 Å². The number of benzene rings is 1. The molecule has 1 aliphatic heterocycles. The number of rotatable bonds is 2. The van der Waals surface area contributed by atoms with Gasteiger partial charge in [0.2, 0.25) is 0 Å². The fraction of sp³-hybridized carbons (Fsp3) is 0.600. The van der Waals surface area contributed by atoms with Crippen molar-refractivity contribution in [3.05, 3.63) is 29.3 Å². The molecule has 1 heterocycles. The predicted molar refractivity (Wildman–Crippen MR) is 75.2 cm³/mol. The van der Waals surface area contributed by atoms with Crippen molar-refractivity contribution < 1.29 is 4.74 Å². The normalized spacial score (nSPS) is 25.8. The number of methoxy groups -OCH3 is 1. The number of ether oxygens (including phenoxy) is 1. The molecule has 1 aromatic rings. The van der Waals surface area contributed by atoms with E-state index in [1.54, 1.807) is 7.11 Å². The summed E-state index contributed by atoms with van der Waals surface area (Å²) in [5, 5.41) is 3.68. The number of hydrogen-bond donors (Lipinski definition) is 1. The topological polar surface area (TPSA) is 24.5 Å². The van der Waals surface area contributed by atoms with Crippen LogP contribution < -0.4 is 10.1 Å². The Morgan fingerprint density at radius 1 is 1.39 bits per heavy atom. The van der Waals surface area contributed by atoms with Crippen molar-refractivity contribution in [2.24, 2.45) is 0 Å². The van der Waals surface area contributed by atoms with Gasteiger partial charge in [-0.1, -0.05) is 17.7 Å². The van der Waals surface area contributed by atoms with E-state index in [0.29, 0.717) is 0 Å². The van der Waals surface area contributed by atoms with E-state index < -0.39 is 0 Å². The van der Waals surface area contributed by atoms with Crippen molar-refractivity contribution in [3.8, 4) is 5.75 Å². The van der Waals surface area contributed by atoms with Gasteiger partial charge in [0, 0.05) is 12.1 Å². The number of hydrogen-bond acceptors (Lipinski definition) is 3. The van der Waals surface area contributed by atoms with Gasteiger partial charge in [-0.05, 0) is 46.5 Å². The first-order chi connectivity index (χ1) is 8.55. The highest BCUT2D eigenvalue weighted by Gasteiger charge is 2.32. The Kier molecular flexibility index (Phi) is 3.93. The molecule has 1 fully saturated rings. The fourth-order valence-electron chi connectivity index (χ4n) is 2.82. The van der Waals surface area contributed by atoms with Crippen LogP contribution in [-0.2, 0) is 5.54 Å². The fourth-order valence-corrected chi connectivity index (χ4v) is 2.82. The standard InChI is InChI=1S/C15H24N2O/c1-12-6-7-14(18-4)13(10-12)15(2)11-17(3)9-5-8-16-15/h6-7,10,16H,5,8-9,11H2,1-4H3. The van der Waals surface area contributed by atoms with Gasteiger partial charge in [0.25, 0.3) is 0 Å². The molecule has 0 radical (unpaired) electrons. The molecule has 0 amide bonds. The van der Waals surface area contributed by atoms with Crippen LogP contribution in [0.1, 0.15) is 24.5 Å². The zero-order chi connectivity index (χ0) is 13.2. The Bertz CT molecular complexity index is 419. The van der Waals surface area contributed by atoms with Crippen molar-refractivity contribution in [2.45, 2.75) is 25.8 Å². The summed E-state index contributed by atoms with van der Waals surface area (Å²) in [5.74, 6) is 0.978. The van der Waals surface area contributed by atoms with Crippen LogP contribution in [0.15, 0.2) is 18.2 Å². The van der Waals surface area contributed by atoms with Gasteiger partial charge < -0.3 is 15.0 Å². The third kappa shape index (κ3) is 2.68. The van der Waals surface area contributed by atoms with Crippen LogP contribution in [0.4, 0.5) is 0 Å². The van der Waals surface area contributed by atoms with Gasteiger partial charge in [0.1, 0.15) is 5.75 Å². The summed E-state index contributed by atoms with van der Waals surface area (Å²) in [5.41, 5.74) is 2.50. The van der Waals surface area contributed by atoms with Crippen LogP contribution in [0.5, 0.6) is 5.75 Å². The number of aryl methyl sites for hydroxylation is 1. The molecular formula is C15H24N2O. The molecule has 100 valence electrons. The van der Waals surface area contributed by atoms with Crippen LogP contribution in [-0.4, -0.2) is 38.7 Å². The highest BCUT2D eigenvalue weighted by Crippen LogP contribution is 2.32. The van der Waals surface area contributed by atoms with Gasteiger partial charge in [-0.15, -0.1) is 0 Å². The average molecular weight is 248 g/mol. The minimum Gasteiger partial charge on any atom is -0.496 e. The summed E-state index contributed by atoms with van der Waals surface area (Å²) in [6.07, 6.45) is 1.19. The number of nitrogens with zero attached hydrogens (tertiary/aromatic N) is 1. The quantitative estimate of drug-likeness (QED) is 0.868. The van der Waals surface area contributed by atoms with Crippen LogP contribution >= 0.6 is 0 Å². The maximum Gasteiger partial charge on any atom is 0.123 e. The van der Waals surface area contributed by atoms with Crippen LogP contribution in [0.3, 0.4) is 0 Å². The Balaban J connectivity index is 2.40. The maximum atomic E-state index is 5.54. The lowest BCUT2D eigenvalue weighted by molar-refractivity contribution is 0.252. The summed E-state index contributed by atoms with van der Waals surface area (Å²) >= 11 is 0. The van der Waals surface area contributed by atoms with E-state index in [-0.39, 0.29) is 5.54 Å². The van der Waals surface area contributed by atoms with Gasteiger partial charge in [-0.2, -0.15) is 0 Å². The highest BCUT2D eigenvalue weighted by atomic mass is 16.5. The Labute approximate surface area is 110 Å². The average Bonchev–Trinajstić information content (AvgIpc) is 2.51. The number of likely N-dealkylation sites (N-methyl/N-ethyl adjacent to an activating group) is 1. The molecular weight excluding hydrogens is 224 g/mol. The van der Waals surface area contributed by atoms with Gasteiger partial charge in [-0.3, -0.25) is 0 Å². The van der Waals surface area contributed by atoms with E-state index in [1.807, 2.05) is 0 Å². The summed E-state index contributed by atoms with van der Waals surface area (Å²) in [7, 11) is 3.94. The summed E-state index contributed by atoms with van der Waals surface area (Å²) < 4.78 is 5.54. The van der Waals surface area contributed by atoms with Crippen molar-refractivity contribution in [3.63, 3.8) is 0 Å². The summed E-state index contributed by atoms with van der Waals surface area (Å²) in [6, 6.07) is 6.42. The summed E-state index contributed by atoms with van der Waals surface area (Å²) in [4.78, 5) is 2.39. The molecule has 18 heavy (non-hydrogen) atoms. The Morgan fingerprint density at radius 3 is 2.89 bits per heavy atom. The van der Waals surface area contributed by atoms with E-state index in [9.17, 15) is 0 Å². The lowest BCUT2D eigenvalue weighted by atomic mass is 9.89. The highest BCUT2D eigenvalue weighted by molar-refractivity contribution is 5.42. The summed E-state index contributed by atoms with van der Waals surface area (Å²) in [6.45, 7) is 7.61. The molecule has 1 atom stereocenters. The molecule has 1 unspecified atom stereocenters. The Hall–Kier alpha value is -1.06. The van der Waals surface area contributed by atoms with Crippen LogP contribution in [0, 0.1) is 6.92 Å². The second-order valence-electron chi connectivity index (χ2n) is 5.55. The lowest BCUT2D eigenvalue weighted by Crippen LogP contribution is -2.45. The first-order valence-corrected chi connectivity index (χ1v) is 6.64. The third-order valence-electron chi connectivity index (χ3n) is 3.77. The molecule has 0 aromatic heterocycles. The molecule has 0 spiro atoms. The molecule has 0 aliphatic carbocycles. The molecule has 1 aliphatic rings. The van der Waals surface area contributed by atoms with Gasteiger partial charge in [-0.25, -0.2) is 0 Å². The molecule has 1 N–H and O–H groups in total. The second-order valence-corrected chi connectivity index (χ2v) is 5.55. The van der Waals surface area contributed by atoms with Gasteiger partial charge >= 0.3 is 0 Å². The first-order valence-electron chi connectivity index (χ1n) is 6.64. The number of nitrogens with one attached hydrogen (secondary N) is 1. The first kappa shape index (κ1) is 13.4. The van der Waals surface area contributed by atoms with Crippen molar-refractivity contribution in [1.82, 2.24) is 10.2 Å². The van der Waals surface area contributed by atoms with Crippen LogP contribution in [0.25, 0.3) is 0 Å². The minimum absolute atomic E-state index is 0.0391. The molecule has 1 saturated heterocycles. The molecule has 0 saturated carbocycles. The SMILES string of the molecule is COc1ccc(C)cc1C1(C)CN(C)CCCN1. The molecule has 1 aromatic carbocycles. The van der Waals surface area contributed by atoms with E-state index in [2.05, 4.69) is 49.3 Å². The minimum atomic E-state index is -0.0391. The molecule has 3 heteroatoms. The van der Waals surface area contributed by atoms with Crippen molar-refractivity contribution in [2.75, 3.05) is 33.8 Å². The Morgan fingerprint density at radius 2 is 2.17 bits per heavy atom. The molecule has 3 nitrogen and oxygen atoms in total. The molecule has 2 rings (SSSR count). The zero-order valence-electron chi connectivity index (χ0n) is 11.9. The van der Waals surface area contributed by atoms with Crippen molar-refractivity contribution in [1.29, 1.82) is 0 Å². The second kappa shape index (κ2) is 5.29. The van der Waals surface area contributed by atoms with E-state index in [1.165, 1.54) is 17.5 Å². The zero-order valence-corrected chi connectivity index (χ0v) is 11.9. The predicted octanol–water partition coefficient (Wildman–Crippen LogP) is 2.14. The monoisotopic (exact) mass is 248 g/mol. The van der Waals surface area contributed by atoms with Crippen molar-refractivity contribution >= 4 is 0 Å². The smallest absolute Gasteiger partial charge is 0.123 e. The van der Waals surface area contributed by atoms with E-state index >= 15 is 0 Å².